The molecule has 2 fully saturated rings. The van der Waals surface area contributed by atoms with E-state index in [-0.39, 0.29) is 11.3 Å². The van der Waals surface area contributed by atoms with E-state index in [1.165, 1.54) is 19.3 Å². The molecule has 0 aromatic heterocycles. The Labute approximate surface area is 128 Å². The lowest BCUT2D eigenvalue weighted by molar-refractivity contribution is -0.119. The summed E-state index contributed by atoms with van der Waals surface area (Å²) < 4.78 is 17.0. The first-order chi connectivity index (χ1) is 9.73. The highest BCUT2D eigenvalue weighted by molar-refractivity contribution is 7.46. The average molecular weight is 318 g/mol. The minimum Gasteiger partial charge on any atom is -0.303 e. The van der Waals surface area contributed by atoms with E-state index in [4.69, 9.17) is 4.52 Å². The standard InChI is InChI=1S/C16H31O4P/c1-4-16(20-21(17,18)19)12-8-6-10-14(16)15(3)11-7-5-9-13(15)2/h13-14H,4-12H2,1-3H3,(H2,17,18,19). The quantitative estimate of drug-likeness (QED) is 0.740. The van der Waals surface area contributed by atoms with Gasteiger partial charge in [-0.25, -0.2) is 4.57 Å². The minimum absolute atomic E-state index is 0.143. The summed E-state index contributed by atoms with van der Waals surface area (Å²) in [7, 11) is -4.45. The third-order valence-electron chi connectivity index (χ3n) is 6.40. The Morgan fingerprint density at radius 1 is 1.14 bits per heavy atom. The molecule has 0 spiro atoms. The van der Waals surface area contributed by atoms with Crippen molar-refractivity contribution in [2.75, 3.05) is 0 Å². The first kappa shape index (κ1) is 17.5. The van der Waals surface area contributed by atoms with Crippen molar-refractivity contribution in [2.24, 2.45) is 17.3 Å². The summed E-state index contributed by atoms with van der Waals surface area (Å²) >= 11 is 0. The lowest BCUT2D eigenvalue weighted by atomic mass is 9.53. The molecule has 124 valence electrons. The van der Waals surface area contributed by atoms with E-state index in [1.54, 1.807) is 0 Å². The van der Waals surface area contributed by atoms with Gasteiger partial charge in [-0.15, -0.1) is 0 Å². The van der Waals surface area contributed by atoms with E-state index in [2.05, 4.69) is 13.8 Å². The third-order valence-corrected chi connectivity index (χ3v) is 7.00. The van der Waals surface area contributed by atoms with Gasteiger partial charge in [0.05, 0.1) is 5.60 Å². The fourth-order valence-corrected chi connectivity index (χ4v) is 5.85. The highest BCUT2D eigenvalue weighted by atomic mass is 31.2. The van der Waals surface area contributed by atoms with Crippen molar-refractivity contribution in [3.8, 4) is 0 Å². The van der Waals surface area contributed by atoms with Crippen LogP contribution < -0.4 is 0 Å². The molecule has 21 heavy (non-hydrogen) atoms. The Bertz CT molecular complexity index is 407. The first-order valence-corrected chi connectivity index (χ1v) is 10.0. The average Bonchev–Trinajstić information content (AvgIpc) is 2.41. The topological polar surface area (TPSA) is 66.8 Å². The van der Waals surface area contributed by atoms with Gasteiger partial charge in [-0.2, -0.15) is 0 Å². The van der Waals surface area contributed by atoms with Crippen LogP contribution in [-0.4, -0.2) is 15.4 Å². The van der Waals surface area contributed by atoms with Crippen molar-refractivity contribution in [3.63, 3.8) is 0 Å². The van der Waals surface area contributed by atoms with Gasteiger partial charge in [-0.3, -0.25) is 4.52 Å². The zero-order chi connectivity index (χ0) is 15.7. The van der Waals surface area contributed by atoms with Crippen molar-refractivity contribution in [2.45, 2.75) is 84.2 Å². The second-order valence-electron chi connectivity index (χ2n) is 7.45. The zero-order valence-electron chi connectivity index (χ0n) is 13.7. The molecule has 5 heteroatoms. The zero-order valence-corrected chi connectivity index (χ0v) is 14.6. The van der Waals surface area contributed by atoms with E-state index in [0.29, 0.717) is 12.3 Å². The predicted molar refractivity (Wildman–Crippen MR) is 83.8 cm³/mol. The smallest absolute Gasteiger partial charge is 0.303 e. The highest BCUT2D eigenvalue weighted by Gasteiger charge is 2.54. The summed E-state index contributed by atoms with van der Waals surface area (Å²) in [6, 6.07) is 0. The van der Waals surface area contributed by atoms with Gasteiger partial charge in [0.1, 0.15) is 0 Å². The van der Waals surface area contributed by atoms with Crippen molar-refractivity contribution in [1.82, 2.24) is 0 Å². The van der Waals surface area contributed by atoms with Crippen LogP contribution in [-0.2, 0) is 9.09 Å². The molecule has 0 amide bonds. The second kappa shape index (κ2) is 6.31. The summed E-state index contributed by atoms with van der Waals surface area (Å²) in [6.45, 7) is 6.66. The molecule has 0 saturated heterocycles. The summed E-state index contributed by atoms with van der Waals surface area (Å²) in [4.78, 5) is 18.8. The fraction of sp³-hybridized carbons (Fsp3) is 1.00. The Hall–Kier alpha value is 0.110. The SMILES string of the molecule is CCC1(OP(=O)(O)O)CCCCC1C1(C)CCCCC1C. The number of phosphoric acid groups is 1. The predicted octanol–water partition coefficient (Wildman–Crippen LogP) is 4.65. The third kappa shape index (κ3) is 3.55. The van der Waals surface area contributed by atoms with Crippen LogP contribution in [0, 0.1) is 17.3 Å². The first-order valence-electron chi connectivity index (χ1n) is 8.50. The lowest BCUT2D eigenvalue weighted by Crippen LogP contribution is -2.52. The van der Waals surface area contributed by atoms with Crippen molar-refractivity contribution >= 4 is 7.82 Å². The Balaban J connectivity index is 2.34. The van der Waals surface area contributed by atoms with Crippen LogP contribution in [0.25, 0.3) is 0 Å². The minimum atomic E-state index is -4.45. The number of hydrogen-bond acceptors (Lipinski definition) is 2. The van der Waals surface area contributed by atoms with Gasteiger partial charge in [0.25, 0.3) is 0 Å². The van der Waals surface area contributed by atoms with E-state index >= 15 is 0 Å². The van der Waals surface area contributed by atoms with Gasteiger partial charge in [-0.05, 0) is 42.9 Å². The van der Waals surface area contributed by atoms with Crippen LogP contribution in [0.1, 0.15) is 78.6 Å². The Kier molecular flexibility index (Phi) is 5.25. The number of hydrogen-bond donors (Lipinski definition) is 2. The normalized spacial score (nSPS) is 42.0. The van der Waals surface area contributed by atoms with E-state index in [1.807, 2.05) is 6.92 Å². The summed E-state index contributed by atoms with van der Waals surface area (Å²) in [5.74, 6) is 0.854. The molecule has 0 aliphatic heterocycles. The maximum Gasteiger partial charge on any atom is 0.470 e. The molecule has 4 atom stereocenters. The molecule has 4 nitrogen and oxygen atoms in total. The summed E-state index contributed by atoms with van der Waals surface area (Å²) in [5.41, 5.74) is -0.499. The molecule has 2 aliphatic rings. The molecule has 2 aliphatic carbocycles. The maximum atomic E-state index is 11.6. The van der Waals surface area contributed by atoms with Gasteiger partial charge >= 0.3 is 7.82 Å². The van der Waals surface area contributed by atoms with Crippen LogP contribution in [0.3, 0.4) is 0 Å². The number of rotatable bonds is 4. The molecular weight excluding hydrogens is 287 g/mol. The molecule has 0 heterocycles. The fourth-order valence-electron chi connectivity index (χ4n) is 5.02. The van der Waals surface area contributed by atoms with Crippen LogP contribution in [0.4, 0.5) is 0 Å². The Morgan fingerprint density at radius 2 is 1.76 bits per heavy atom. The summed E-state index contributed by atoms with van der Waals surface area (Å²) in [5, 5.41) is 0. The van der Waals surface area contributed by atoms with Crippen molar-refractivity contribution in [3.05, 3.63) is 0 Å². The van der Waals surface area contributed by atoms with Crippen LogP contribution in [0.5, 0.6) is 0 Å². The molecule has 0 bridgehead atoms. The summed E-state index contributed by atoms with van der Waals surface area (Å²) in [6.07, 6.45) is 9.55. The van der Waals surface area contributed by atoms with E-state index in [0.717, 1.165) is 32.1 Å². The molecule has 2 N–H and O–H groups in total. The molecule has 4 unspecified atom stereocenters. The van der Waals surface area contributed by atoms with Crippen LogP contribution >= 0.6 is 7.82 Å². The maximum absolute atomic E-state index is 11.6. The largest absolute Gasteiger partial charge is 0.470 e. The molecule has 0 aromatic carbocycles. The lowest BCUT2D eigenvalue weighted by Gasteiger charge is -2.55. The van der Waals surface area contributed by atoms with Crippen molar-refractivity contribution in [1.29, 1.82) is 0 Å². The molecule has 2 rings (SSSR count). The van der Waals surface area contributed by atoms with Crippen LogP contribution in [0.15, 0.2) is 0 Å². The monoisotopic (exact) mass is 318 g/mol. The molecular formula is C16H31O4P. The van der Waals surface area contributed by atoms with E-state index in [9.17, 15) is 14.4 Å². The number of phosphoric ester groups is 1. The molecule has 2 saturated carbocycles. The van der Waals surface area contributed by atoms with Gasteiger partial charge in [0.15, 0.2) is 0 Å². The molecule has 0 radical (unpaired) electrons. The van der Waals surface area contributed by atoms with Gasteiger partial charge in [0.2, 0.25) is 0 Å². The van der Waals surface area contributed by atoms with Crippen molar-refractivity contribution < 1.29 is 18.9 Å². The van der Waals surface area contributed by atoms with Gasteiger partial charge in [-0.1, -0.05) is 52.9 Å². The second-order valence-corrected chi connectivity index (χ2v) is 8.61. The van der Waals surface area contributed by atoms with E-state index < -0.39 is 13.4 Å². The van der Waals surface area contributed by atoms with Gasteiger partial charge < -0.3 is 9.79 Å². The van der Waals surface area contributed by atoms with Gasteiger partial charge in [0, 0.05) is 0 Å². The van der Waals surface area contributed by atoms with Crippen LogP contribution in [0.2, 0.25) is 0 Å². The Morgan fingerprint density at radius 3 is 2.33 bits per heavy atom. The highest BCUT2D eigenvalue weighted by Crippen LogP contribution is 2.59. The molecule has 0 aromatic rings.